The number of alkyl halides is 2. The van der Waals surface area contributed by atoms with Gasteiger partial charge in [0.2, 0.25) is 5.91 Å². The Balaban J connectivity index is 1.81. The zero-order valence-electron chi connectivity index (χ0n) is 16.5. The van der Waals surface area contributed by atoms with E-state index < -0.39 is 30.4 Å². The van der Waals surface area contributed by atoms with Crippen molar-refractivity contribution in [1.29, 1.82) is 0 Å². The topological polar surface area (TPSA) is 114 Å². The van der Waals surface area contributed by atoms with Gasteiger partial charge >= 0.3 is 6.61 Å². The lowest BCUT2D eigenvalue weighted by Gasteiger charge is -2.37. The lowest BCUT2D eigenvalue weighted by atomic mass is 9.90. The van der Waals surface area contributed by atoms with Gasteiger partial charge < -0.3 is 25.4 Å². The zero-order chi connectivity index (χ0) is 21.8. The predicted molar refractivity (Wildman–Crippen MR) is 103 cm³/mol. The summed E-state index contributed by atoms with van der Waals surface area (Å²) in [4.78, 5) is 39.5. The van der Waals surface area contributed by atoms with Gasteiger partial charge in [-0.25, -0.2) is 0 Å². The second-order valence-electron chi connectivity index (χ2n) is 7.20. The molecule has 1 aromatic rings. The van der Waals surface area contributed by atoms with E-state index in [1.54, 1.807) is 11.9 Å². The van der Waals surface area contributed by atoms with Gasteiger partial charge in [0.25, 0.3) is 11.8 Å². The van der Waals surface area contributed by atoms with Crippen LogP contribution in [0.15, 0.2) is 18.2 Å². The van der Waals surface area contributed by atoms with Crippen LogP contribution in [-0.4, -0.2) is 68.1 Å². The Kier molecular flexibility index (Phi) is 6.83. The predicted octanol–water partition coefficient (Wildman–Crippen LogP) is 0.928. The summed E-state index contributed by atoms with van der Waals surface area (Å²) in [5.41, 5.74) is 5.69. The number of ether oxygens (including phenoxy) is 2. The van der Waals surface area contributed by atoms with Crippen molar-refractivity contribution < 1.29 is 32.6 Å². The number of primary amides is 1. The summed E-state index contributed by atoms with van der Waals surface area (Å²) in [6, 6.07) is 2.90. The number of carbonyl (C=O) groups is 3. The van der Waals surface area contributed by atoms with E-state index in [0.29, 0.717) is 0 Å². The fourth-order valence-electron chi connectivity index (χ4n) is 3.51. The standard InChI is InChI=1S/C19H24F2N4O5/c1-24(12-3-2-4-12)16(17(22)27)18(28)23-11-5-6-13(14(9-11)30-19(20)21)25-7-8-29-10-15(25)26/h5-6,9,12,16,19H,2-4,7-8,10H2,1H3,(H2,22,27)(H,23,28)/t16-/m0/s1. The van der Waals surface area contributed by atoms with Crippen LogP contribution in [0.25, 0.3) is 0 Å². The number of hydrogen-bond donors (Lipinski definition) is 2. The second-order valence-corrected chi connectivity index (χ2v) is 7.20. The number of nitrogens with two attached hydrogens (primary N) is 1. The fraction of sp³-hybridized carbons (Fsp3) is 0.526. The minimum atomic E-state index is -3.13. The van der Waals surface area contributed by atoms with Crippen LogP contribution in [0, 0.1) is 0 Å². The molecule has 2 aliphatic rings. The van der Waals surface area contributed by atoms with E-state index in [4.69, 9.17) is 10.5 Å². The highest BCUT2D eigenvalue weighted by molar-refractivity contribution is 6.09. The summed E-state index contributed by atoms with van der Waals surface area (Å²) in [6.07, 6.45) is 2.74. The smallest absolute Gasteiger partial charge is 0.387 e. The van der Waals surface area contributed by atoms with Gasteiger partial charge in [0.1, 0.15) is 6.61 Å². The molecule has 0 aromatic heterocycles. The SMILES string of the molecule is CN(C1CCC1)[C@@H](C(N)=O)C(=O)Nc1ccc(N2CCOCC2=O)c(OC(F)F)c1. The minimum Gasteiger partial charge on any atom is -0.433 e. The molecule has 1 aliphatic carbocycles. The van der Waals surface area contributed by atoms with Gasteiger partial charge in [0, 0.05) is 24.3 Å². The van der Waals surface area contributed by atoms with Crippen molar-refractivity contribution in [3.8, 4) is 5.75 Å². The number of morpholine rings is 1. The van der Waals surface area contributed by atoms with Crippen LogP contribution in [-0.2, 0) is 19.1 Å². The lowest BCUT2D eigenvalue weighted by molar-refractivity contribution is -0.133. The quantitative estimate of drug-likeness (QED) is 0.598. The first-order valence-electron chi connectivity index (χ1n) is 9.57. The number of carbonyl (C=O) groups excluding carboxylic acids is 3. The molecule has 3 rings (SSSR count). The van der Waals surface area contributed by atoms with Crippen molar-refractivity contribution in [1.82, 2.24) is 4.90 Å². The Bertz CT molecular complexity index is 818. The highest BCUT2D eigenvalue weighted by Crippen LogP contribution is 2.34. The molecule has 3 N–H and O–H groups in total. The van der Waals surface area contributed by atoms with E-state index in [0.717, 1.165) is 19.3 Å². The molecule has 1 atom stereocenters. The monoisotopic (exact) mass is 426 g/mol. The normalized spacial score (nSPS) is 18.3. The number of hydrogen-bond acceptors (Lipinski definition) is 6. The van der Waals surface area contributed by atoms with Crippen molar-refractivity contribution in [3.63, 3.8) is 0 Å². The second kappa shape index (κ2) is 9.35. The maximum atomic E-state index is 12.9. The van der Waals surface area contributed by atoms with Crippen LogP contribution in [0.1, 0.15) is 19.3 Å². The van der Waals surface area contributed by atoms with Crippen LogP contribution in [0.2, 0.25) is 0 Å². The highest BCUT2D eigenvalue weighted by Gasteiger charge is 2.35. The number of rotatable bonds is 8. The molecule has 0 unspecified atom stereocenters. The van der Waals surface area contributed by atoms with Gasteiger partial charge in [0.15, 0.2) is 11.8 Å². The maximum absolute atomic E-state index is 12.9. The van der Waals surface area contributed by atoms with E-state index >= 15 is 0 Å². The van der Waals surface area contributed by atoms with Crippen molar-refractivity contribution in [2.45, 2.75) is 38.0 Å². The summed E-state index contributed by atoms with van der Waals surface area (Å²) in [5.74, 6) is -2.15. The van der Waals surface area contributed by atoms with Crippen molar-refractivity contribution in [2.24, 2.45) is 5.73 Å². The van der Waals surface area contributed by atoms with Gasteiger partial charge in [-0.05, 0) is 32.0 Å². The van der Waals surface area contributed by atoms with Crippen LogP contribution < -0.4 is 20.7 Å². The Morgan fingerprint density at radius 1 is 1.37 bits per heavy atom. The number of amides is 3. The molecular formula is C19H24F2N4O5. The molecule has 164 valence electrons. The number of anilines is 2. The number of benzene rings is 1. The minimum absolute atomic E-state index is 0.0840. The molecular weight excluding hydrogens is 402 g/mol. The number of nitrogens with one attached hydrogen (secondary N) is 1. The summed E-state index contributed by atoms with van der Waals surface area (Å²) < 4.78 is 35.5. The van der Waals surface area contributed by atoms with E-state index in [-0.39, 0.29) is 42.9 Å². The molecule has 11 heteroatoms. The van der Waals surface area contributed by atoms with Crippen molar-refractivity contribution in [3.05, 3.63) is 18.2 Å². The third-order valence-electron chi connectivity index (χ3n) is 5.30. The first-order valence-corrected chi connectivity index (χ1v) is 9.57. The molecule has 0 bridgehead atoms. The molecule has 1 aromatic carbocycles. The first-order chi connectivity index (χ1) is 14.3. The van der Waals surface area contributed by atoms with Crippen molar-refractivity contribution in [2.75, 3.05) is 37.0 Å². The molecule has 1 saturated heterocycles. The first kappa shape index (κ1) is 21.9. The van der Waals surface area contributed by atoms with Gasteiger partial charge in [0.05, 0.1) is 12.3 Å². The van der Waals surface area contributed by atoms with E-state index in [9.17, 15) is 23.2 Å². The van der Waals surface area contributed by atoms with E-state index in [1.165, 1.54) is 23.1 Å². The van der Waals surface area contributed by atoms with Crippen LogP contribution in [0.4, 0.5) is 20.2 Å². The number of halogens is 2. The summed E-state index contributed by atoms with van der Waals surface area (Å²) in [7, 11) is 1.65. The van der Waals surface area contributed by atoms with Gasteiger partial charge in [-0.2, -0.15) is 8.78 Å². The molecule has 1 saturated carbocycles. The third-order valence-corrected chi connectivity index (χ3v) is 5.30. The lowest BCUT2D eigenvalue weighted by Crippen LogP contribution is -2.55. The van der Waals surface area contributed by atoms with Crippen molar-refractivity contribution >= 4 is 29.1 Å². The summed E-state index contributed by atoms with van der Waals surface area (Å²) in [5, 5.41) is 2.53. The average Bonchev–Trinajstić information content (AvgIpc) is 2.60. The van der Waals surface area contributed by atoms with Gasteiger partial charge in [-0.1, -0.05) is 6.42 Å². The fourth-order valence-corrected chi connectivity index (χ4v) is 3.51. The Hall–Kier alpha value is -2.79. The molecule has 30 heavy (non-hydrogen) atoms. The molecule has 2 fully saturated rings. The average molecular weight is 426 g/mol. The molecule has 0 radical (unpaired) electrons. The Morgan fingerprint density at radius 3 is 2.67 bits per heavy atom. The molecule has 0 spiro atoms. The third kappa shape index (κ3) is 4.85. The molecule has 9 nitrogen and oxygen atoms in total. The molecule has 3 amide bonds. The largest absolute Gasteiger partial charge is 0.433 e. The molecule has 1 aliphatic heterocycles. The van der Waals surface area contributed by atoms with E-state index in [1.807, 2.05) is 0 Å². The van der Waals surface area contributed by atoms with E-state index in [2.05, 4.69) is 10.1 Å². The molecule has 1 heterocycles. The highest BCUT2D eigenvalue weighted by atomic mass is 19.3. The zero-order valence-corrected chi connectivity index (χ0v) is 16.5. The Morgan fingerprint density at radius 2 is 2.10 bits per heavy atom. The van der Waals surface area contributed by atoms with Crippen LogP contribution in [0.5, 0.6) is 5.75 Å². The number of nitrogens with zero attached hydrogens (tertiary/aromatic N) is 2. The van der Waals surface area contributed by atoms with Crippen LogP contribution in [0.3, 0.4) is 0 Å². The van der Waals surface area contributed by atoms with Gasteiger partial charge in [-0.3, -0.25) is 19.3 Å². The summed E-state index contributed by atoms with van der Waals surface area (Å²) >= 11 is 0. The number of likely N-dealkylation sites (N-methyl/N-ethyl adjacent to an activating group) is 1. The summed E-state index contributed by atoms with van der Waals surface area (Å²) in [6.45, 7) is -2.86. The maximum Gasteiger partial charge on any atom is 0.387 e. The van der Waals surface area contributed by atoms with Gasteiger partial charge in [-0.15, -0.1) is 0 Å². The van der Waals surface area contributed by atoms with Crippen LogP contribution >= 0.6 is 0 Å². The Labute approximate surface area is 172 Å².